The molecule has 0 saturated carbocycles. The van der Waals surface area contributed by atoms with Crippen LogP contribution in [0.25, 0.3) is 5.70 Å². The number of H-pyrrole nitrogens is 2. The van der Waals surface area contributed by atoms with Crippen LogP contribution in [-0.2, 0) is 0 Å². The van der Waals surface area contributed by atoms with Crippen LogP contribution in [0.5, 0.6) is 5.88 Å². The highest BCUT2D eigenvalue weighted by atomic mass is 35.5. The van der Waals surface area contributed by atoms with Crippen LogP contribution in [0.4, 0.5) is 5.69 Å². The molecular weight excluding hydrogens is 454 g/mol. The van der Waals surface area contributed by atoms with E-state index in [1.54, 1.807) is 6.07 Å². The molecule has 0 spiro atoms. The minimum atomic E-state index is -1.02. The number of rotatable bonds is 4. The highest BCUT2D eigenvalue weighted by Crippen LogP contribution is 2.36. The van der Waals surface area contributed by atoms with Crippen molar-refractivity contribution in [3.63, 3.8) is 0 Å². The first-order chi connectivity index (χ1) is 15.7. The van der Waals surface area contributed by atoms with Crippen LogP contribution in [0.15, 0.2) is 62.6 Å². The van der Waals surface area contributed by atoms with Gasteiger partial charge in [0.05, 0.1) is 16.3 Å². The fraction of sp³-hybridized carbons (Fsp3) is 0. The van der Waals surface area contributed by atoms with Gasteiger partial charge in [-0.25, -0.2) is 9.79 Å². The summed E-state index contributed by atoms with van der Waals surface area (Å²) in [4.78, 5) is 55.6. The van der Waals surface area contributed by atoms with Crippen molar-refractivity contribution in [3.8, 4) is 11.9 Å². The van der Waals surface area contributed by atoms with E-state index in [0.717, 1.165) is 12.1 Å². The summed E-state index contributed by atoms with van der Waals surface area (Å²) in [6.07, 6.45) is 0. The molecule has 0 amide bonds. The van der Waals surface area contributed by atoms with E-state index in [2.05, 4.69) is 4.99 Å². The lowest BCUT2D eigenvalue weighted by molar-refractivity contribution is -0.384. The van der Waals surface area contributed by atoms with E-state index in [9.17, 15) is 34.9 Å². The van der Waals surface area contributed by atoms with Gasteiger partial charge in [0.1, 0.15) is 17.2 Å². The third-order valence-corrected chi connectivity index (χ3v) is 5.04. The third kappa shape index (κ3) is 3.71. The van der Waals surface area contributed by atoms with Crippen molar-refractivity contribution < 1.29 is 14.8 Å². The topological polar surface area (TPSA) is 182 Å². The predicted octanol–water partition coefficient (Wildman–Crippen LogP) is 2.30. The number of aromatic nitrogens is 2. The molecule has 0 fully saturated rings. The number of nitrogens with one attached hydrogen (secondary N) is 2. The van der Waals surface area contributed by atoms with Crippen molar-refractivity contribution in [2.45, 2.75) is 0 Å². The zero-order chi connectivity index (χ0) is 23.9. The summed E-state index contributed by atoms with van der Waals surface area (Å²) in [6, 6.07) is 11.1. The lowest BCUT2D eigenvalue weighted by atomic mass is 9.96. The molecule has 3 aromatic rings. The smallest absolute Gasteiger partial charge is 0.328 e. The average Bonchev–Trinajstić information content (AvgIpc) is 3.12. The van der Waals surface area contributed by atoms with E-state index in [-0.39, 0.29) is 33.8 Å². The number of nitro benzene ring substituents is 1. The van der Waals surface area contributed by atoms with Gasteiger partial charge in [0.25, 0.3) is 11.2 Å². The number of aromatic hydroxyl groups is 1. The number of nitrogens with zero attached hydrogens (tertiary/aromatic N) is 3. The number of aliphatic imine (C=N–C) groups is 1. The molecule has 2 aromatic carbocycles. The number of hydrogen-bond acceptors (Lipinski definition) is 8. The fourth-order valence-corrected chi connectivity index (χ4v) is 3.44. The van der Waals surface area contributed by atoms with Gasteiger partial charge < -0.3 is 5.11 Å². The lowest BCUT2D eigenvalue weighted by Gasteiger charge is -2.05. The number of benzene rings is 2. The van der Waals surface area contributed by atoms with E-state index >= 15 is 0 Å². The van der Waals surface area contributed by atoms with Gasteiger partial charge in [-0.1, -0.05) is 11.6 Å². The maximum Gasteiger partial charge on any atom is 0.328 e. The first-order valence-electron chi connectivity index (χ1n) is 9.09. The Hall–Kier alpha value is -4.82. The van der Waals surface area contributed by atoms with E-state index in [0.29, 0.717) is 5.02 Å². The van der Waals surface area contributed by atoms with Crippen molar-refractivity contribution in [1.29, 1.82) is 5.26 Å². The number of halogens is 1. The lowest BCUT2D eigenvalue weighted by Crippen LogP contribution is -2.27. The number of hydrogen-bond donors (Lipinski definition) is 3. The number of aromatic amines is 2. The largest absolute Gasteiger partial charge is 0.494 e. The highest BCUT2D eigenvalue weighted by molar-refractivity contribution is 6.31. The molecule has 0 saturated heterocycles. The maximum absolute atomic E-state index is 13.0. The molecule has 0 unspecified atom stereocenters. The maximum atomic E-state index is 13.0. The number of nitriles is 1. The van der Waals surface area contributed by atoms with Crippen LogP contribution >= 0.6 is 11.6 Å². The van der Waals surface area contributed by atoms with Crippen LogP contribution in [0, 0.1) is 21.4 Å². The Morgan fingerprint density at radius 3 is 2.42 bits per heavy atom. The number of carbonyl (C=O) groups excluding carboxylic acids is 1. The number of carbonyl (C=O) groups is 1. The first-order valence-corrected chi connectivity index (χ1v) is 9.47. The summed E-state index contributed by atoms with van der Waals surface area (Å²) in [5, 5.41) is 31.6. The summed E-state index contributed by atoms with van der Waals surface area (Å²) in [7, 11) is 0. The van der Waals surface area contributed by atoms with E-state index in [4.69, 9.17) is 11.6 Å². The van der Waals surface area contributed by atoms with Gasteiger partial charge in [0.2, 0.25) is 11.7 Å². The molecule has 33 heavy (non-hydrogen) atoms. The second-order valence-electron chi connectivity index (χ2n) is 6.75. The van der Waals surface area contributed by atoms with Crippen molar-refractivity contribution >= 4 is 34.5 Å². The average molecular weight is 464 g/mol. The standard InChI is InChI=1S/C21H10ClN5O6/c22-10-3-1-9(2-4-10)18(28)14(8-23)16-12-6-5-11(27(32)33)7-13(12)17(24-16)15-19(29)25-21(31)26-20(15)30/h1-7H,(H3,25,26,29,30,31)/b16-14-. The fourth-order valence-electron chi connectivity index (χ4n) is 3.31. The van der Waals surface area contributed by atoms with Crippen molar-refractivity contribution in [2.24, 2.45) is 4.99 Å². The molecule has 0 bridgehead atoms. The number of nitro groups is 1. The minimum Gasteiger partial charge on any atom is -0.494 e. The molecule has 162 valence electrons. The molecule has 0 radical (unpaired) electrons. The summed E-state index contributed by atoms with van der Waals surface area (Å²) < 4.78 is 0. The monoisotopic (exact) mass is 463 g/mol. The second kappa shape index (κ2) is 8.03. The molecule has 1 aromatic heterocycles. The van der Waals surface area contributed by atoms with Crippen molar-refractivity contribution in [3.05, 3.63) is 106 Å². The highest BCUT2D eigenvalue weighted by Gasteiger charge is 2.32. The Bertz CT molecular complexity index is 1570. The molecule has 12 heteroatoms. The van der Waals surface area contributed by atoms with Crippen LogP contribution in [-0.4, -0.2) is 31.5 Å². The Balaban J connectivity index is 2.02. The van der Waals surface area contributed by atoms with Gasteiger partial charge >= 0.3 is 5.69 Å². The molecule has 4 rings (SSSR count). The zero-order valence-corrected chi connectivity index (χ0v) is 17.0. The molecule has 0 aliphatic carbocycles. The Morgan fingerprint density at radius 2 is 1.82 bits per heavy atom. The van der Waals surface area contributed by atoms with Gasteiger partial charge in [-0.3, -0.25) is 29.7 Å². The van der Waals surface area contributed by atoms with Gasteiger partial charge in [-0.2, -0.15) is 5.26 Å². The van der Waals surface area contributed by atoms with Crippen LogP contribution < -0.4 is 11.2 Å². The van der Waals surface area contributed by atoms with E-state index in [1.165, 1.54) is 30.3 Å². The van der Waals surface area contributed by atoms with Crippen molar-refractivity contribution in [2.75, 3.05) is 0 Å². The SMILES string of the molecule is N#C/C(C(=O)c1ccc(Cl)cc1)=C1/N=C(c2c(O)[nH]c(=O)[nH]c2=O)c2cc([N+](=O)[O-])ccc21. The molecule has 11 nitrogen and oxygen atoms in total. The predicted molar refractivity (Wildman–Crippen MR) is 116 cm³/mol. The third-order valence-electron chi connectivity index (χ3n) is 4.79. The number of non-ortho nitro benzene ring substituents is 1. The summed E-state index contributed by atoms with van der Waals surface area (Å²) in [6.45, 7) is 0. The molecular formula is C21H10ClN5O6. The summed E-state index contributed by atoms with van der Waals surface area (Å²) in [5.41, 5.74) is -3.33. The van der Waals surface area contributed by atoms with Crippen molar-refractivity contribution in [1.82, 2.24) is 9.97 Å². The van der Waals surface area contributed by atoms with Gasteiger partial charge in [0, 0.05) is 33.8 Å². The quantitative estimate of drug-likeness (QED) is 0.174. The molecule has 1 aliphatic heterocycles. The van der Waals surface area contributed by atoms with E-state index in [1.807, 2.05) is 9.97 Å². The summed E-state index contributed by atoms with van der Waals surface area (Å²) >= 11 is 5.85. The first kappa shape index (κ1) is 21.4. The van der Waals surface area contributed by atoms with Gasteiger partial charge in [0.15, 0.2) is 0 Å². The Morgan fingerprint density at radius 1 is 1.12 bits per heavy atom. The van der Waals surface area contributed by atoms with Crippen LogP contribution in [0.2, 0.25) is 5.02 Å². The number of fused-ring (bicyclic) bond motifs is 1. The molecule has 1 aliphatic rings. The van der Waals surface area contributed by atoms with Gasteiger partial charge in [-0.15, -0.1) is 0 Å². The Labute approximate surface area is 188 Å². The number of allylic oxidation sites excluding steroid dienone is 1. The molecule has 0 atom stereocenters. The van der Waals surface area contributed by atoms with E-state index < -0.39 is 39.0 Å². The normalized spacial score (nSPS) is 13.6. The minimum absolute atomic E-state index is 0.0173. The second-order valence-corrected chi connectivity index (χ2v) is 7.19. The number of ketones is 1. The van der Waals surface area contributed by atoms with Crippen LogP contribution in [0.1, 0.15) is 27.0 Å². The van der Waals surface area contributed by atoms with Gasteiger partial charge in [-0.05, 0) is 30.3 Å². The Kier molecular flexibility index (Phi) is 5.21. The zero-order valence-electron chi connectivity index (χ0n) is 16.2. The summed E-state index contributed by atoms with van der Waals surface area (Å²) in [5.74, 6) is -1.53. The number of Topliss-reactive ketones (excluding diaryl/α,β-unsaturated/α-hetero) is 1. The van der Waals surface area contributed by atoms with Crippen LogP contribution in [0.3, 0.4) is 0 Å². The molecule has 2 heterocycles. The molecule has 3 N–H and O–H groups in total.